The molecule has 8 nitrogen and oxygen atoms in total. The molecule has 0 saturated carbocycles. The Bertz CT molecular complexity index is 1000. The zero-order valence-corrected chi connectivity index (χ0v) is 14.5. The van der Waals surface area contributed by atoms with Gasteiger partial charge in [-0.05, 0) is 30.7 Å². The van der Waals surface area contributed by atoms with Gasteiger partial charge in [-0.2, -0.15) is 5.10 Å². The molecule has 0 aliphatic carbocycles. The first kappa shape index (κ1) is 16.8. The lowest BCUT2D eigenvalue weighted by molar-refractivity contribution is -0.384. The van der Waals surface area contributed by atoms with Crippen molar-refractivity contribution in [2.45, 2.75) is 19.4 Å². The Hall–Kier alpha value is -3.68. The van der Waals surface area contributed by atoms with Gasteiger partial charge < -0.3 is 10.1 Å². The van der Waals surface area contributed by atoms with Gasteiger partial charge in [0.2, 0.25) is 0 Å². The zero-order valence-electron chi connectivity index (χ0n) is 14.5. The number of nitro benzene ring substituents is 1. The Balaban J connectivity index is 1.55. The summed E-state index contributed by atoms with van der Waals surface area (Å²) >= 11 is 0. The third-order valence-corrected chi connectivity index (χ3v) is 4.33. The van der Waals surface area contributed by atoms with Crippen molar-refractivity contribution in [3.63, 3.8) is 0 Å². The van der Waals surface area contributed by atoms with Crippen LogP contribution >= 0.6 is 0 Å². The predicted octanol–water partition coefficient (Wildman–Crippen LogP) is 3.03. The molecule has 0 saturated heterocycles. The summed E-state index contributed by atoms with van der Waals surface area (Å²) in [6, 6.07) is 15.3. The fourth-order valence-electron chi connectivity index (χ4n) is 3.04. The summed E-state index contributed by atoms with van der Waals surface area (Å²) < 4.78 is 7.26. The number of nitrogens with one attached hydrogen (secondary N) is 1. The van der Waals surface area contributed by atoms with Crippen LogP contribution in [-0.2, 0) is 11.2 Å². The number of ether oxygens (including phenoxy) is 1. The van der Waals surface area contributed by atoms with E-state index in [2.05, 4.69) is 10.4 Å². The Kier molecular flexibility index (Phi) is 4.08. The van der Waals surface area contributed by atoms with E-state index < -0.39 is 11.0 Å². The molecule has 1 aromatic heterocycles. The van der Waals surface area contributed by atoms with Gasteiger partial charge in [0.15, 0.2) is 6.10 Å². The molecule has 8 heteroatoms. The lowest BCUT2D eigenvalue weighted by Gasteiger charge is -2.12. The van der Waals surface area contributed by atoms with Crippen molar-refractivity contribution in [1.82, 2.24) is 9.78 Å². The molecule has 27 heavy (non-hydrogen) atoms. The molecule has 136 valence electrons. The van der Waals surface area contributed by atoms with Crippen LogP contribution in [0, 0.1) is 17.0 Å². The van der Waals surface area contributed by atoms with Gasteiger partial charge in [-0.1, -0.05) is 18.2 Å². The van der Waals surface area contributed by atoms with Gasteiger partial charge in [0.05, 0.1) is 16.3 Å². The summed E-state index contributed by atoms with van der Waals surface area (Å²) in [6.07, 6.45) is -0.102. The summed E-state index contributed by atoms with van der Waals surface area (Å²) in [5.74, 6) is 0.929. The molecule has 0 bridgehead atoms. The first-order valence-electron chi connectivity index (χ1n) is 8.38. The summed E-state index contributed by atoms with van der Waals surface area (Å²) in [4.78, 5) is 23.0. The number of nitro groups is 1. The van der Waals surface area contributed by atoms with Gasteiger partial charge >= 0.3 is 0 Å². The highest BCUT2D eigenvalue weighted by atomic mass is 16.6. The maximum Gasteiger partial charge on any atom is 0.269 e. The second kappa shape index (κ2) is 6.56. The highest BCUT2D eigenvalue weighted by Crippen LogP contribution is 2.29. The van der Waals surface area contributed by atoms with E-state index in [0.717, 1.165) is 11.3 Å². The Morgan fingerprint density at radius 3 is 2.70 bits per heavy atom. The second-order valence-corrected chi connectivity index (χ2v) is 6.26. The maximum absolute atomic E-state index is 12.7. The van der Waals surface area contributed by atoms with Crippen molar-refractivity contribution < 1.29 is 14.5 Å². The van der Waals surface area contributed by atoms with Crippen molar-refractivity contribution >= 4 is 17.4 Å². The van der Waals surface area contributed by atoms with Crippen molar-refractivity contribution in [2.75, 3.05) is 5.32 Å². The van der Waals surface area contributed by atoms with Crippen LogP contribution in [0.4, 0.5) is 11.5 Å². The molecule has 0 spiro atoms. The van der Waals surface area contributed by atoms with E-state index in [0.29, 0.717) is 23.6 Å². The van der Waals surface area contributed by atoms with Crippen molar-refractivity contribution in [3.05, 3.63) is 76.0 Å². The molecule has 2 aromatic carbocycles. The van der Waals surface area contributed by atoms with E-state index in [9.17, 15) is 14.9 Å². The van der Waals surface area contributed by atoms with Crippen molar-refractivity contribution in [3.8, 4) is 11.4 Å². The molecule has 1 unspecified atom stereocenters. The number of hydrogen-bond acceptors (Lipinski definition) is 5. The summed E-state index contributed by atoms with van der Waals surface area (Å²) in [5, 5.41) is 18.0. The van der Waals surface area contributed by atoms with E-state index in [1.54, 1.807) is 29.8 Å². The van der Waals surface area contributed by atoms with E-state index in [4.69, 9.17) is 4.74 Å². The number of benzene rings is 2. The third kappa shape index (κ3) is 3.24. The zero-order chi connectivity index (χ0) is 19.0. The van der Waals surface area contributed by atoms with Crippen LogP contribution in [0.5, 0.6) is 5.75 Å². The predicted molar refractivity (Wildman–Crippen MR) is 98.1 cm³/mol. The molecule has 1 aliphatic rings. The SMILES string of the molecule is Cc1cc(NC(=O)C2Cc3ccccc3O2)n(-c2ccc([N+](=O)[O-])cc2)n1. The number of fused-ring (bicyclic) bond motifs is 1. The van der Waals surface area contributed by atoms with Crippen molar-refractivity contribution in [2.24, 2.45) is 0 Å². The second-order valence-electron chi connectivity index (χ2n) is 6.26. The smallest absolute Gasteiger partial charge is 0.269 e. The summed E-state index contributed by atoms with van der Waals surface area (Å²) in [7, 11) is 0. The fourth-order valence-corrected chi connectivity index (χ4v) is 3.04. The van der Waals surface area contributed by atoms with Gasteiger partial charge in [0.25, 0.3) is 11.6 Å². The molecule has 2 heterocycles. The number of anilines is 1. The van der Waals surface area contributed by atoms with Gasteiger partial charge in [0, 0.05) is 24.6 Å². The van der Waals surface area contributed by atoms with Crippen LogP contribution < -0.4 is 10.1 Å². The largest absolute Gasteiger partial charge is 0.480 e. The average Bonchev–Trinajstić information content (AvgIpc) is 3.25. The van der Waals surface area contributed by atoms with Crippen LogP contribution in [0.25, 0.3) is 5.69 Å². The highest BCUT2D eigenvalue weighted by Gasteiger charge is 2.29. The Labute approximate surface area is 154 Å². The molecule has 1 amide bonds. The molecule has 0 radical (unpaired) electrons. The molecule has 1 atom stereocenters. The molecular formula is C19H16N4O4. The molecule has 0 fully saturated rings. The highest BCUT2D eigenvalue weighted by molar-refractivity contribution is 5.94. The molecular weight excluding hydrogens is 348 g/mol. The number of carbonyl (C=O) groups is 1. The minimum atomic E-state index is -0.608. The molecule has 3 aromatic rings. The minimum Gasteiger partial charge on any atom is -0.480 e. The lowest BCUT2D eigenvalue weighted by atomic mass is 10.1. The number of aryl methyl sites for hydroxylation is 1. The topological polar surface area (TPSA) is 99.3 Å². The number of para-hydroxylation sites is 1. The maximum atomic E-state index is 12.7. The van der Waals surface area contributed by atoms with E-state index in [1.165, 1.54) is 12.1 Å². The third-order valence-electron chi connectivity index (χ3n) is 4.33. The van der Waals surface area contributed by atoms with Crippen LogP contribution in [0.1, 0.15) is 11.3 Å². The van der Waals surface area contributed by atoms with Gasteiger partial charge in [-0.15, -0.1) is 0 Å². The number of amides is 1. The fraction of sp³-hybridized carbons (Fsp3) is 0.158. The number of hydrogen-bond donors (Lipinski definition) is 1. The molecule has 1 N–H and O–H groups in total. The molecule has 1 aliphatic heterocycles. The van der Waals surface area contributed by atoms with Gasteiger partial charge in [0.1, 0.15) is 11.6 Å². The summed E-state index contributed by atoms with van der Waals surface area (Å²) in [5.41, 5.74) is 2.31. The first-order valence-corrected chi connectivity index (χ1v) is 8.38. The lowest BCUT2D eigenvalue weighted by Crippen LogP contribution is -2.32. The number of nitrogens with zero attached hydrogens (tertiary/aromatic N) is 3. The molecule has 4 rings (SSSR count). The Morgan fingerprint density at radius 2 is 2.00 bits per heavy atom. The van der Waals surface area contributed by atoms with Gasteiger partial charge in [-0.3, -0.25) is 14.9 Å². The standard InChI is InChI=1S/C19H16N4O4/c1-12-10-18(22(21-12)14-6-8-15(9-7-14)23(25)26)20-19(24)17-11-13-4-2-3-5-16(13)27-17/h2-10,17H,11H2,1H3,(H,20,24). The van der Waals surface area contributed by atoms with Crippen LogP contribution in [0.3, 0.4) is 0 Å². The van der Waals surface area contributed by atoms with Gasteiger partial charge in [-0.25, -0.2) is 4.68 Å². The number of rotatable bonds is 4. The first-order chi connectivity index (χ1) is 13.0. The Morgan fingerprint density at radius 1 is 1.26 bits per heavy atom. The number of carbonyl (C=O) groups excluding carboxylic acids is 1. The number of aromatic nitrogens is 2. The monoisotopic (exact) mass is 364 g/mol. The normalized spacial score (nSPS) is 15.1. The van der Waals surface area contributed by atoms with E-state index in [1.807, 2.05) is 24.3 Å². The van der Waals surface area contributed by atoms with E-state index >= 15 is 0 Å². The van der Waals surface area contributed by atoms with Crippen LogP contribution in [0.15, 0.2) is 54.6 Å². The van der Waals surface area contributed by atoms with Crippen LogP contribution in [-0.4, -0.2) is 26.7 Å². The van der Waals surface area contributed by atoms with Crippen molar-refractivity contribution in [1.29, 1.82) is 0 Å². The summed E-state index contributed by atoms with van der Waals surface area (Å²) in [6.45, 7) is 1.81. The van der Waals surface area contributed by atoms with Crippen LogP contribution in [0.2, 0.25) is 0 Å². The quantitative estimate of drug-likeness (QED) is 0.567. The minimum absolute atomic E-state index is 0.00895. The number of non-ortho nitro benzene ring substituents is 1. The van der Waals surface area contributed by atoms with E-state index in [-0.39, 0.29) is 11.6 Å². The average molecular weight is 364 g/mol.